The molecule has 0 aliphatic carbocycles. The van der Waals surface area contributed by atoms with Gasteiger partial charge in [0.05, 0.1) is 5.60 Å². The molecule has 0 aromatic heterocycles. The SMILES string of the molecule is CC(C)=CCC\C(C)=C/C=C/C(C)=C\C=C\C(C)=C/C=C/C=C(C)\C=C\C=C(C)/C=C/C=C(/C)CCCC(C)(C)O. The summed E-state index contributed by atoms with van der Waals surface area (Å²) in [5.74, 6) is 0. The lowest BCUT2D eigenvalue weighted by molar-refractivity contribution is 0.0689. The first-order valence-corrected chi connectivity index (χ1v) is 15.0. The number of hydrogen-bond donors (Lipinski definition) is 1. The molecule has 224 valence electrons. The Balaban J connectivity index is 4.69. The fourth-order valence-electron chi connectivity index (χ4n) is 3.62. The van der Waals surface area contributed by atoms with E-state index in [2.05, 4.69) is 159 Å². The maximum atomic E-state index is 9.82. The van der Waals surface area contributed by atoms with E-state index in [1.165, 1.54) is 39.0 Å². The van der Waals surface area contributed by atoms with E-state index < -0.39 is 5.60 Å². The van der Waals surface area contributed by atoms with Crippen molar-refractivity contribution < 1.29 is 5.11 Å². The molecule has 0 radical (unpaired) electrons. The highest BCUT2D eigenvalue weighted by molar-refractivity contribution is 5.32. The van der Waals surface area contributed by atoms with E-state index in [4.69, 9.17) is 0 Å². The van der Waals surface area contributed by atoms with Gasteiger partial charge < -0.3 is 5.11 Å². The van der Waals surface area contributed by atoms with E-state index in [1.807, 2.05) is 13.8 Å². The Labute approximate surface area is 253 Å². The average molecular weight is 555 g/mol. The Morgan fingerprint density at radius 2 is 0.878 bits per heavy atom. The average Bonchev–Trinajstić information content (AvgIpc) is 2.85. The molecule has 0 bridgehead atoms. The molecule has 1 nitrogen and oxygen atoms in total. The van der Waals surface area contributed by atoms with Crippen molar-refractivity contribution in [3.8, 4) is 0 Å². The van der Waals surface area contributed by atoms with Crippen LogP contribution in [0.1, 0.15) is 101 Å². The first kappa shape index (κ1) is 37.8. The summed E-state index contributed by atoms with van der Waals surface area (Å²) in [6.07, 6.45) is 41.4. The van der Waals surface area contributed by atoms with E-state index in [0.29, 0.717) is 0 Å². The minimum atomic E-state index is -0.575. The molecule has 0 atom stereocenters. The molecule has 0 rings (SSSR count). The molecule has 41 heavy (non-hydrogen) atoms. The van der Waals surface area contributed by atoms with Crippen LogP contribution in [0, 0.1) is 0 Å². The fourth-order valence-corrected chi connectivity index (χ4v) is 3.62. The Morgan fingerprint density at radius 3 is 1.27 bits per heavy atom. The molecule has 0 saturated carbocycles. The van der Waals surface area contributed by atoms with Crippen LogP contribution in [0.25, 0.3) is 0 Å². The molecule has 0 unspecified atom stereocenters. The summed E-state index contributed by atoms with van der Waals surface area (Å²) in [6, 6.07) is 0. The van der Waals surface area contributed by atoms with Crippen molar-refractivity contribution in [2.24, 2.45) is 0 Å². The van der Waals surface area contributed by atoms with Crippen molar-refractivity contribution in [2.75, 3.05) is 0 Å². The topological polar surface area (TPSA) is 20.2 Å². The van der Waals surface area contributed by atoms with Crippen molar-refractivity contribution in [3.63, 3.8) is 0 Å². The van der Waals surface area contributed by atoms with E-state index in [9.17, 15) is 5.11 Å². The van der Waals surface area contributed by atoms with Gasteiger partial charge in [-0.3, -0.25) is 0 Å². The minimum Gasteiger partial charge on any atom is -0.390 e. The van der Waals surface area contributed by atoms with Crippen LogP contribution in [0.4, 0.5) is 0 Å². The normalized spacial score (nSPS) is 15.6. The second-order valence-electron chi connectivity index (χ2n) is 12.0. The lowest BCUT2D eigenvalue weighted by atomic mass is 9.99. The summed E-state index contributed by atoms with van der Waals surface area (Å²) >= 11 is 0. The maximum Gasteiger partial charge on any atom is 0.0591 e. The molecular formula is C40H58O. The highest BCUT2D eigenvalue weighted by atomic mass is 16.3. The van der Waals surface area contributed by atoms with Gasteiger partial charge in [-0.15, -0.1) is 0 Å². The molecule has 0 fully saturated rings. The van der Waals surface area contributed by atoms with E-state index in [0.717, 1.165) is 32.1 Å². The maximum absolute atomic E-state index is 9.82. The zero-order valence-corrected chi connectivity index (χ0v) is 27.8. The Kier molecular flexibility index (Phi) is 20.8. The lowest BCUT2D eigenvalue weighted by Gasteiger charge is -2.16. The molecule has 0 aromatic rings. The second-order valence-corrected chi connectivity index (χ2v) is 12.0. The van der Waals surface area contributed by atoms with Crippen LogP contribution in [0.15, 0.2) is 142 Å². The van der Waals surface area contributed by atoms with Gasteiger partial charge in [0.2, 0.25) is 0 Å². The fraction of sp³-hybridized carbons (Fsp3) is 0.400. The molecule has 0 heterocycles. The van der Waals surface area contributed by atoms with Crippen molar-refractivity contribution in [3.05, 3.63) is 142 Å². The van der Waals surface area contributed by atoms with E-state index in [1.54, 1.807) is 0 Å². The van der Waals surface area contributed by atoms with Crippen molar-refractivity contribution >= 4 is 0 Å². The van der Waals surface area contributed by atoms with Crippen LogP contribution in [0.3, 0.4) is 0 Å². The van der Waals surface area contributed by atoms with Crippen molar-refractivity contribution in [2.45, 2.75) is 107 Å². The van der Waals surface area contributed by atoms with Crippen LogP contribution < -0.4 is 0 Å². The van der Waals surface area contributed by atoms with Gasteiger partial charge in [-0.05, 0) is 101 Å². The number of rotatable bonds is 17. The lowest BCUT2D eigenvalue weighted by Crippen LogP contribution is -2.17. The molecule has 0 aromatic carbocycles. The summed E-state index contributed by atoms with van der Waals surface area (Å²) in [4.78, 5) is 0. The third-order valence-corrected chi connectivity index (χ3v) is 6.20. The number of aliphatic hydroxyl groups is 1. The molecule has 0 amide bonds. The second kappa shape index (κ2) is 22.5. The zero-order valence-electron chi connectivity index (χ0n) is 27.8. The van der Waals surface area contributed by atoms with Crippen LogP contribution >= 0.6 is 0 Å². The summed E-state index contributed by atoms with van der Waals surface area (Å²) in [5.41, 5.74) is 8.39. The predicted octanol–water partition coefficient (Wildman–Crippen LogP) is 12.1. The van der Waals surface area contributed by atoms with Gasteiger partial charge in [-0.25, -0.2) is 0 Å². The summed E-state index contributed by atoms with van der Waals surface area (Å²) in [5, 5.41) is 9.82. The van der Waals surface area contributed by atoms with Crippen LogP contribution in [-0.2, 0) is 0 Å². The van der Waals surface area contributed by atoms with Crippen LogP contribution in [0.5, 0.6) is 0 Å². The van der Waals surface area contributed by atoms with Crippen molar-refractivity contribution in [1.29, 1.82) is 0 Å². The number of hydrogen-bond acceptors (Lipinski definition) is 1. The smallest absolute Gasteiger partial charge is 0.0591 e. The summed E-state index contributed by atoms with van der Waals surface area (Å²) in [6.45, 7) is 20.8. The molecule has 0 aliphatic rings. The molecule has 0 spiro atoms. The molecule has 0 saturated heterocycles. The Morgan fingerprint density at radius 1 is 0.512 bits per heavy atom. The van der Waals surface area contributed by atoms with E-state index in [-0.39, 0.29) is 0 Å². The minimum absolute atomic E-state index is 0.575. The summed E-state index contributed by atoms with van der Waals surface area (Å²) < 4.78 is 0. The molecule has 0 aliphatic heterocycles. The van der Waals surface area contributed by atoms with Gasteiger partial charge in [0, 0.05) is 0 Å². The Bertz CT molecular complexity index is 1130. The molecule has 1 heteroatoms. The standard InChI is InChI=1S/C40H58O/c1-33(2)19-13-22-36(5)25-16-28-37(6)26-14-23-34(3)20-11-12-21-35(4)24-15-27-38(7)29-17-30-39(8)31-18-32-40(9,10)41/h11-12,14-17,19-21,23-30,41H,13,18,22,31-32H2,1-10H3/b12-11+,23-14+,24-15+,28-16+,29-17+,34-20-,35-21-,36-25-,37-26-,38-27-,39-30-. The quantitative estimate of drug-likeness (QED) is 0.140. The highest BCUT2D eigenvalue weighted by Gasteiger charge is 2.10. The first-order valence-electron chi connectivity index (χ1n) is 15.0. The van der Waals surface area contributed by atoms with E-state index >= 15 is 0 Å². The highest BCUT2D eigenvalue weighted by Crippen LogP contribution is 2.15. The van der Waals surface area contributed by atoms with Crippen LogP contribution in [-0.4, -0.2) is 10.7 Å². The third kappa shape index (κ3) is 26.8. The van der Waals surface area contributed by atoms with Gasteiger partial charge in [0.25, 0.3) is 0 Å². The molecule has 1 N–H and O–H groups in total. The Hall–Kier alpha value is -3.16. The summed E-state index contributed by atoms with van der Waals surface area (Å²) in [7, 11) is 0. The monoisotopic (exact) mass is 554 g/mol. The molecular weight excluding hydrogens is 496 g/mol. The van der Waals surface area contributed by atoms with Gasteiger partial charge in [-0.1, -0.05) is 142 Å². The number of allylic oxidation sites excluding steroid dienone is 24. The van der Waals surface area contributed by atoms with Gasteiger partial charge >= 0.3 is 0 Å². The van der Waals surface area contributed by atoms with Gasteiger partial charge in [0.15, 0.2) is 0 Å². The largest absolute Gasteiger partial charge is 0.390 e. The van der Waals surface area contributed by atoms with Gasteiger partial charge in [-0.2, -0.15) is 0 Å². The third-order valence-electron chi connectivity index (χ3n) is 6.20. The predicted molar refractivity (Wildman–Crippen MR) is 187 cm³/mol. The first-order chi connectivity index (χ1) is 19.3. The van der Waals surface area contributed by atoms with Crippen molar-refractivity contribution in [1.82, 2.24) is 0 Å². The van der Waals surface area contributed by atoms with Crippen LogP contribution in [0.2, 0.25) is 0 Å². The van der Waals surface area contributed by atoms with Gasteiger partial charge in [0.1, 0.15) is 0 Å². The zero-order chi connectivity index (χ0) is 31.1.